The van der Waals surface area contributed by atoms with E-state index in [1.165, 1.54) is 11.1 Å². The van der Waals surface area contributed by atoms with Crippen LogP contribution in [0.1, 0.15) is 43.9 Å². The van der Waals surface area contributed by atoms with Crippen molar-refractivity contribution in [3.63, 3.8) is 0 Å². The van der Waals surface area contributed by atoms with Gasteiger partial charge in [-0.2, -0.15) is 0 Å². The molecule has 4 nitrogen and oxygen atoms in total. The topological polar surface area (TPSA) is 49.4 Å². The van der Waals surface area contributed by atoms with Crippen molar-refractivity contribution in [2.24, 2.45) is 0 Å². The predicted octanol–water partition coefficient (Wildman–Crippen LogP) is 4.56. The third-order valence-electron chi connectivity index (χ3n) is 4.98. The predicted molar refractivity (Wildman–Crippen MR) is 122 cm³/mol. The maximum absolute atomic E-state index is 13.0. The van der Waals surface area contributed by atoms with Gasteiger partial charge in [0, 0.05) is 18.3 Å². The first-order chi connectivity index (χ1) is 13.9. The fraction of sp³-hybridized carbons (Fsp3) is 0.417. The van der Waals surface area contributed by atoms with Crippen LogP contribution < -0.4 is 5.32 Å². The largest absolute Gasteiger partial charge is 0.352 e. The van der Waals surface area contributed by atoms with E-state index in [2.05, 4.69) is 36.5 Å². The lowest BCUT2D eigenvalue weighted by atomic mass is 10.1. The van der Waals surface area contributed by atoms with Gasteiger partial charge in [0.1, 0.15) is 6.04 Å². The molecule has 0 bridgehead atoms. The number of nitrogens with zero attached hydrogens (tertiary/aromatic N) is 1. The zero-order valence-corrected chi connectivity index (χ0v) is 18.7. The Morgan fingerprint density at radius 3 is 2.28 bits per heavy atom. The van der Waals surface area contributed by atoms with E-state index in [1.54, 1.807) is 16.7 Å². The molecule has 2 amide bonds. The first-order valence-corrected chi connectivity index (χ1v) is 11.3. The molecule has 2 atom stereocenters. The fourth-order valence-electron chi connectivity index (χ4n) is 2.85. The summed E-state index contributed by atoms with van der Waals surface area (Å²) in [4.78, 5) is 27.4. The summed E-state index contributed by atoms with van der Waals surface area (Å²) < 4.78 is 0. The Kier molecular flexibility index (Phi) is 9.26. The third-order valence-corrected chi connectivity index (χ3v) is 5.97. The first-order valence-electron chi connectivity index (χ1n) is 10.2. The molecular formula is C24H32N2O2S. The van der Waals surface area contributed by atoms with E-state index in [0.717, 1.165) is 17.7 Å². The smallest absolute Gasteiger partial charge is 0.242 e. The molecule has 1 N–H and O–H groups in total. The number of thioether (sulfide) groups is 1. The lowest BCUT2D eigenvalue weighted by Gasteiger charge is -2.29. The van der Waals surface area contributed by atoms with Crippen molar-refractivity contribution in [3.8, 4) is 0 Å². The summed E-state index contributed by atoms with van der Waals surface area (Å²) in [6.07, 6.45) is 0.859. The van der Waals surface area contributed by atoms with Gasteiger partial charge in [-0.15, -0.1) is 11.8 Å². The van der Waals surface area contributed by atoms with Gasteiger partial charge in [-0.1, -0.05) is 67.1 Å². The van der Waals surface area contributed by atoms with Gasteiger partial charge in [0.25, 0.3) is 0 Å². The summed E-state index contributed by atoms with van der Waals surface area (Å²) in [5.41, 5.74) is 3.45. The Hall–Kier alpha value is -2.27. The molecule has 0 aromatic heterocycles. The average Bonchev–Trinajstić information content (AvgIpc) is 2.73. The molecule has 0 spiro atoms. The fourth-order valence-corrected chi connectivity index (χ4v) is 3.72. The van der Waals surface area contributed by atoms with Gasteiger partial charge in [-0.3, -0.25) is 9.59 Å². The van der Waals surface area contributed by atoms with Crippen LogP contribution in [0.25, 0.3) is 0 Å². The second-order valence-electron chi connectivity index (χ2n) is 7.48. The van der Waals surface area contributed by atoms with E-state index in [0.29, 0.717) is 12.3 Å². The van der Waals surface area contributed by atoms with Gasteiger partial charge >= 0.3 is 0 Å². The number of rotatable bonds is 10. The van der Waals surface area contributed by atoms with Gasteiger partial charge in [0.15, 0.2) is 0 Å². The molecular weight excluding hydrogens is 380 g/mol. The van der Waals surface area contributed by atoms with Crippen LogP contribution in [0.4, 0.5) is 0 Å². The molecule has 0 aliphatic rings. The first kappa shape index (κ1) is 23.0. The Balaban J connectivity index is 2.03. The highest BCUT2D eigenvalue weighted by molar-refractivity contribution is 7.99. The zero-order chi connectivity index (χ0) is 21.2. The van der Waals surface area contributed by atoms with E-state index in [4.69, 9.17) is 0 Å². The molecule has 0 saturated carbocycles. The van der Waals surface area contributed by atoms with Crippen LogP contribution in [0.15, 0.2) is 54.6 Å². The maximum Gasteiger partial charge on any atom is 0.242 e. The van der Waals surface area contributed by atoms with Gasteiger partial charge in [0.05, 0.1) is 5.75 Å². The van der Waals surface area contributed by atoms with Gasteiger partial charge in [-0.25, -0.2) is 0 Å². The minimum absolute atomic E-state index is 0.0160. The maximum atomic E-state index is 13.0. The van der Waals surface area contributed by atoms with Crippen LogP contribution in [0, 0.1) is 6.92 Å². The Bertz CT molecular complexity index is 777. The molecule has 0 heterocycles. The highest BCUT2D eigenvalue weighted by Gasteiger charge is 2.26. The number of benzene rings is 2. The molecule has 0 aliphatic carbocycles. The molecule has 29 heavy (non-hydrogen) atoms. The van der Waals surface area contributed by atoms with Crippen LogP contribution >= 0.6 is 11.8 Å². The van der Waals surface area contributed by atoms with Gasteiger partial charge < -0.3 is 10.2 Å². The van der Waals surface area contributed by atoms with Crippen molar-refractivity contribution >= 4 is 23.6 Å². The zero-order valence-electron chi connectivity index (χ0n) is 17.9. The molecule has 5 heteroatoms. The molecule has 156 valence electrons. The quantitative estimate of drug-likeness (QED) is 0.622. The number of hydrogen-bond acceptors (Lipinski definition) is 3. The van der Waals surface area contributed by atoms with Crippen LogP contribution in [0.5, 0.6) is 0 Å². The summed E-state index contributed by atoms with van der Waals surface area (Å²) in [5, 5.41) is 3.00. The summed E-state index contributed by atoms with van der Waals surface area (Å²) in [7, 11) is 0. The molecule has 2 aromatic rings. The summed E-state index contributed by atoms with van der Waals surface area (Å²) in [5.74, 6) is 1.00. The van der Waals surface area contributed by atoms with Crippen LogP contribution in [0.3, 0.4) is 0 Å². The van der Waals surface area contributed by atoms with E-state index in [-0.39, 0.29) is 17.9 Å². The average molecular weight is 413 g/mol. The van der Waals surface area contributed by atoms with Gasteiger partial charge in [-0.05, 0) is 38.3 Å². The Morgan fingerprint density at radius 1 is 1.00 bits per heavy atom. The van der Waals surface area contributed by atoms with E-state index in [1.807, 2.05) is 51.1 Å². The summed E-state index contributed by atoms with van der Waals surface area (Å²) in [6, 6.07) is 17.8. The molecule has 0 unspecified atom stereocenters. The normalized spacial score (nSPS) is 12.8. The SMILES string of the molecule is CC[C@H](C)NC(=O)[C@H](C)N(Cc1ccccc1)C(=O)CSCc1ccc(C)cc1. The van der Waals surface area contributed by atoms with E-state index < -0.39 is 6.04 Å². The molecule has 0 radical (unpaired) electrons. The molecule has 2 rings (SSSR count). The van der Waals surface area contributed by atoms with Crippen molar-refractivity contribution in [1.29, 1.82) is 0 Å². The summed E-state index contributed by atoms with van der Waals surface area (Å²) in [6.45, 7) is 8.31. The van der Waals surface area contributed by atoms with Gasteiger partial charge in [0.2, 0.25) is 11.8 Å². The molecule has 2 aromatic carbocycles. The number of nitrogens with one attached hydrogen (secondary N) is 1. The van der Waals surface area contributed by atoms with Crippen LogP contribution in [-0.2, 0) is 21.9 Å². The highest BCUT2D eigenvalue weighted by Crippen LogP contribution is 2.16. The second-order valence-corrected chi connectivity index (χ2v) is 8.47. The molecule has 0 saturated heterocycles. The number of aryl methyl sites for hydroxylation is 1. The van der Waals surface area contributed by atoms with Crippen LogP contribution in [0.2, 0.25) is 0 Å². The molecule has 0 aliphatic heterocycles. The standard InChI is InChI=1S/C24H32N2O2S/c1-5-19(3)25-24(28)20(4)26(15-21-9-7-6-8-10-21)23(27)17-29-16-22-13-11-18(2)12-14-22/h6-14,19-20H,5,15-17H2,1-4H3,(H,25,28)/t19-,20-/m0/s1. The number of carbonyl (C=O) groups excluding carboxylic acids is 2. The Morgan fingerprint density at radius 2 is 1.66 bits per heavy atom. The number of hydrogen-bond donors (Lipinski definition) is 1. The number of carbonyl (C=O) groups is 2. The highest BCUT2D eigenvalue weighted by atomic mass is 32.2. The lowest BCUT2D eigenvalue weighted by molar-refractivity contribution is -0.138. The molecule has 0 fully saturated rings. The van der Waals surface area contributed by atoms with Crippen molar-refractivity contribution in [3.05, 3.63) is 71.3 Å². The van der Waals surface area contributed by atoms with E-state index >= 15 is 0 Å². The van der Waals surface area contributed by atoms with Crippen LogP contribution in [-0.4, -0.2) is 34.6 Å². The van der Waals surface area contributed by atoms with E-state index in [9.17, 15) is 9.59 Å². The van der Waals surface area contributed by atoms with Crippen molar-refractivity contribution in [2.45, 2.75) is 58.5 Å². The second kappa shape index (κ2) is 11.7. The number of amides is 2. The minimum Gasteiger partial charge on any atom is -0.352 e. The monoisotopic (exact) mass is 412 g/mol. The van der Waals surface area contributed by atoms with Crippen molar-refractivity contribution in [1.82, 2.24) is 10.2 Å². The third kappa shape index (κ3) is 7.58. The Labute approximate surface area is 179 Å². The summed E-state index contributed by atoms with van der Waals surface area (Å²) >= 11 is 1.58. The lowest BCUT2D eigenvalue weighted by Crippen LogP contribution is -2.50. The van der Waals surface area contributed by atoms with Crippen molar-refractivity contribution < 1.29 is 9.59 Å². The van der Waals surface area contributed by atoms with Crippen molar-refractivity contribution in [2.75, 3.05) is 5.75 Å². The minimum atomic E-state index is -0.517.